The lowest BCUT2D eigenvalue weighted by Gasteiger charge is -2.16. The maximum atomic E-state index is 13.4. The molecule has 2 aromatic carbocycles. The highest BCUT2D eigenvalue weighted by molar-refractivity contribution is 5.67. The van der Waals surface area contributed by atoms with Crippen molar-refractivity contribution in [3.8, 4) is 11.1 Å². The van der Waals surface area contributed by atoms with Crippen LogP contribution in [-0.2, 0) is 6.42 Å². The Balaban J connectivity index is 2.38. The van der Waals surface area contributed by atoms with Crippen LogP contribution in [0.4, 0.5) is 8.78 Å². The van der Waals surface area contributed by atoms with Crippen LogP contribution in [0, 0.1) is 0 Å². The highest BCUT2D eigenvalue weighted by atomic mass is 19.3. The van der Waals surface area contributed by atoms with Gasteiger partial charge in [-0.2, -0.15) is 0 Å². The van der Waals surface area contributed by atoms with Crippen molar-refractivity contribution >= 4 is 0 Å². The van der Waals surface area contributed by atoms with E-state index in [0.29, 0.717) is 5.56 Å². The second kappa shape index (κ2) is 5.27. The van der Waals surface area contributed by atoms with E-state index in [1.165, 1.54) is 0 Å². The van der Waals surface area contributed by atoms with Crippen LogP contribution in [0.5, 0.6) is 0 Å². The van der Waals surface area contributed by atoms with Crippen molar-refractivity contribution in [1.82, 2.24) is 0 Å². The molecule has 0 spiro atoms. The molecule has 2 aromatic rings. The molecule has 0 aromatic heterocycles. The first-order chi connectivity index (χ1) is 8.62. The molecule has 0 atom stereocenters. The van der Waals surface area contributed by atoms with E-state index >= 15 is 0 Å². The summed E-state index contributed by atoms with van der Waals surface area (Å²) in [5, 5.41) is 0. The smallest absolute Gasteiger partial charge is 0.264 e. The number of rotatable bonds is 4. The lowest BCUT2D eigenvalue weighted by Crippen LogP contribution is -2.30. The molecule has 0 radical (unpaired) electrons. The zero-order valence-electron chi connectivity index (χ0n) is 9.94. The molecule has 0 saturated carbocycles. The predicted octanol–water partition coefficient (Wildman–Crippen LogP) is 3.49. The van der Waals surface area contributed by atoms with E-state index in [9.17, 15) is 8.78 Å². The Labute approximate surface area is 105 Å². The minimum atomic E-state index is -2.86. The Hall–Kier alpha value is -1.74. The van der Waals surface area contributed by atoms with Crippen molar-refractivity contribution in [3.05, 3.63) is 60.2 Å². The van der Waals surface area contributed by atoms with E-state index in [1.54, 1.807) is 12.1 Å². The van der Waals surface area contributed by atoms with Gasteiger partial charge in [-0.15, -0.1) is 0 Å². The van der Waals surface area contributed by atoms with Crippen molar-refractivity contribution in [2.45, 2.75) is 12.3 Å². The molecule has 0 saturated heterocycles. The van der Waals surface area contributed by atoms with Gasteiger partial charge in [-0.05, 0) is 16.7 Å². The summed E-state index contributed by atoms with van der Waals surface area (Å²) < 4.78 is 26.8. The number of hydrogen-bond donors (Lipinski definition) is 1. The van der Waals surface area contributed by atoms with E-state index in [-0.39, 0.29) is 6.42 Å². The maximum absolute atomic E-state index is 13.4. The van der Waals surface area contributed by atoms with Crippen LogP contribution < -0.4 is 5.73 Å². The zero-order valence-corrected chi connectivity index (χ0v) is 9.94. The van der Waals surface area contributed by atoms with Crippen molar-refractivity contribution in [1.29, 1.82) is 0 Å². The molecule has 18 heavy (non-hydrogen) atoms. The molecule has 0 bridgehead atoms. The minimum Gasteiger partial charge on any atom is -0.325 e. The van der Waals surface area contributed by atoms with Gasteiger partial charge in [0.15, 0.2) is 0 Å². The summed E-state index contributed by atoms with van der Waals surface area (Å²) in [6.07, 6.45) is -0.325. The summed E-state index contributed by atoms with van der Waals surface area (Å²) in [7, 11) is 0. The second-order valence-corrected chi connectivity index (χ2v) is 4.26. The summed E-state index contributed by atoms with van der Waals surface area (Å²) in [4.78, 5) is 0. The van der Waals surface area contributed by atoms with Gasteiger partial charge >= 0.3 is 0 Å². The van der Waals surface area contributed by atoms with Gasteiger partial charge in [-0.25, -0.2) is 8.78 Å². The first-order valence-corrected chi connectivity index (χ1v) is 5.83. The molecule has 0 aliphatic rings. The van der Waals surface area contributed by atoms with Crippen molar-refractivity contribution in [3.63, 3.8) is 0 Å². The molecule has 0 heterocycles. The van der Waals surface area contributed by atoms with E-state index in [0.717, 1.165) is 11.1 Å². The van der Waals surface area contributed by atoms with E-state index in [2.05, 4.69) is 0 Å². The highest BCUT2D eigenvalue weighted by Gasteiger charge is 2.28. The van der Waals surface area contributed by atoms with E-state index < -0.39 is 12.5 Å². The van der Waals surface area contributed by atoms with Gasteiger partial charge in [-0.3, -0.25) is 0 Å². The van der Waals surface area contributed by atoms with Crippen molar-refractivity contribution in [2.24, 2.45) is 5.73 Å². The molecule has 0 aliphatic carbocycles. The van der Waals surface area contributed by atoms with Gasteiger partial charge in [0.2, 0.25) is 0 Å². The molecule has 1 nitrogen and oxygen atoms in total. The largest absolute Gasteiger partial charge is 0.325 e. The Bertz CT molecular complexity index is 509. The van der Waals surface area contributed by atoms with Crippen molar-refractivity contribution < 1.29 is 8.78 Å². The fourth-order valence-electron chi connectivity index (χ4n) is 1.92. The number of halogens is 2. The average molecular weight is 247 g/mol. The quantitative estimate of drug-likeness (QED) is 0.879. The fourth-order valence-corrected chi connectivity index (χ4v) is 1.92. The fraction of sp³-hybridized carbons (Fsp3) is 0.200. The van der Waals surface area contributed by atoms with Gasteiger partial charge < -0.3 is 5.73 Å². The molecule has 2 rings (SSSR count). The number of hydrogen-bond acceptors (Lipinski definition) is 1. The lowest BCUT2D eigenvalue weighted by molar-refractivity contribution is 0.0116. The van der Waals surface area contributed by atoms with Crippen LogP contribution in [0.25, 0.3) is 11.1 Å². The summed E-state index contributed by atoms with van der Waals surface area (Å²) >= 11 is 0. The lowest BCUT2D eigenvalue weighted by atomic mass is 9.95. The molecule has 94 valence electrons. The Kier molecular flexibility index (Phi) is 3.72. The van der Waals surface area contributed by atoms with Gasteiger partial charge in [0.1, 0.15) is 0 Å². The third kappa shape index (κ3) is 2.93. The molecular formula is C15H15F2N. The van der Waals surface area contributed by atoms with Crippen LogP contribution in [0.3, 0.4) is 0 Å². The zero-order chi connectivity index (χ0) is 13.0. The predicted molar refractivity (Wildman–Crippen MR) is 69.6 cm³/mol. The summed E-state index contributed by atoms with van der Waals surface area (Å²) in [5.74, 6) is -2.86. The number of benzene rings is 2. The van der Waals surface area contributed by atoms with Crippen LogP contribution in [0.15, 0.2) is 54.6 Å². The van der Waals surface area contributed by atoms with Gasteiger partial charge in [0, 0.05) is 6.42 Å². The van der Waals surface area contributed by atoms with Crippen LogP contribution >= 0.6 is 0 Å². The number of alkyl halides is 2. The molecule has 0 amide bonds. The maximum Gasteiger partial charge on any atom is 0.264 e. The summed E-state index contributed by atoms with van der Waals surface area (Å²) in [6, 6.07) is 16.7. The van der Waals surface area contributed by atoms with Gasteiger partial charge in [0.05, 0.1) is 6.54 Å². The molecule has 3 heteroatoms. The third-order valence-corrected chi connectivity index (χ3v) is 2.85. The van der Waals surface area contributed by atoms with Crippen molar-refractivity contribution in [2.75, 3.05) is 6.54 Å². The molecule has 0 fully saturated rings. The first-order valence-electron chi connectivity index (χ1n) is 5.83. The minimum absolute atomic E-state index is 0.325. The molecule has 0 unspecified atom stereocenters. The average Bonchev–Trinajstić information content (AvgIpc) is 2.40. The summed E-state index contributed by atoms with van der Waals surface area (Å²) in [6.45, 7) is -0.629. The first kappa shape index (κ1) is 12.7. The highest BCUT2D eigenvalue weighted by Crippen LogP contribution is 2.28. The van der Waals surface area contributed by atoms with Gasteiger partial charge in [-0.1, -0.05) is 54.6 Å². The van der Waals surface area contributed by atoms with Crippen LogP contribution in [0.1, 0.15) is 5.56 Å². The summed E-state index contributed by atoms with van der Waals surface area (Å²) in [5.41, 5.74) is 7.50. The van der Waals surface area contributed by atoms with Gasteiger partial charge in [0.25, 0.3) is 5.92 Å². The van der Waals surface area contributed by atoms with Crippen LogP contribution in [-0.4, -0.2) is 12.5 Å². The topological polar surface area (TPSA) is 26.0 Å². The molecule has 0 aliphatic heterocycles. The third-order valence-electron chi connectivity index (χ3n) is 2.85. The Morgan fingerprint density at radius 2 is 1.50 bits per heavy atom. The normalized spacial score (nSPS) is 11.5. The van der Waals surface area contributed by atoms with E-state index in [1.807, 2.05) is 42.5 Å². The molecular weight excluding hydrogens is 232 g/mol. The Morgan fingerprint density at radius 3 is 2.17 bits per heavy atom. The monoisotopic (exact) mass is 247 g/mol. The SMILES string of the molecule is NCC(F)(F)Cc1ccccc1-c1ccccc1. The number of nitrogens with two attached hydrogens (primary N) is 1. The Morgan fingerprint density at radius 1 is 0.889 bits per heavy atom. The van der Waals surface area contributed by atoms with E-state index in [4.69, 9.17) is 5.73 Å². The van der Waals surface area contributed by atoms with Crippen LogP contribution in [0.2, 0.25) is 0 Å². The molecule has 2 N–H and O–H groups in total. The standard InChI is InChI=1S/C15H15F2N/c16-15(17,11-18)10-13-8-4-5-9-14(13)12-6-2-1-3-7-12/h1-9H,10-11,18H2. The second-order valence-electron chi connectivity index (χ2n) is 4.26.